The van der Waals surface area contributed by atoms with Gasteiger partial charge in [-0.15, -0.1) is 0 Å². The molecule has 3 nitrogen and oxygen atoms in total. The number of carbonyl (C=O) groups is 1. The molecule has 1 aromatic carbocycles. The van der Waals surface area contributed by atoms with Crippen LogP contribution in [-0.4, -0.2) is 28.2 Å². The molecule has 0 aliphatic carbocycles. The number of ether oxygens (including phenoxy) is 1. The zero-order valence-corrected chi connectivity index (χ0v) is 14.6. The lowest BCUT2D eigenvalue weighted by molar-refractivity contribution is 0.0811. The van der Waals surface area contributed by atoms with Crippen molar-refractivity contribution in [3.63, 3.8) is 0 Å². The van der Waals surface area contributed by atoms with Gasteiger partial charge in [-0.2, -0.15) is 0 Å². The molecule has 1 rings (SSSR count). The van der Waals surface area contributed by atoms with Crippen molar-refractivity contribution in [2.24, 2.45) is 0 Å². The zero-order valence-electron chi connectivity index (χ0n) is 13.8. The maximum Gasteiger partial charge on any atom is 0.223 e. The van der Waals surface area contributed by atoms with E-state index in [0.29, 0.717) is 12.2 Å². The van der Waals surface area contributed by atoms with E-state index in [9.17, 15) is 9.90 Å². The van der Waals surface area contributed by atoms with Crippen LogP contribution in [0.15, 0.2) is 6.07 Å². The molecule has 0 unspecified atom stereocenters. The molecule has 4 heteroatoms. The molecule has 0 aliphatic heterocycles. The largest absolute Gasteiger partial charge is 0.507 e. The molecule has 0 saturated heterocycles. The van der Waals surface area contributed by atoms with Crippen molar-refractivity contribution >= 4 is 16.9 Å². The van der Waals surface area contributed by atoms with Gasteiger partial charge in [0.25, 0.3) is 0 Å². The second kappa shape index (κ2) is 7.85. The first-order chi connectivity index (χ1) is 9.73. The first-order valence-corrected chi connectivity index (χ1v) is 8.26. The number of aromatic hydroxyl groups is 1. The number of benzene rings is 1. The van der Waals surface area contributed by atoms with Crippen molar-refractivity contribution in [2.45, 2.75) is 59.3 Å². The van der Waals surface area contributed by atoms with E-state index in [1.165, 1.54) is 11.8 Å². The van der Waals surface area contributed by atoms with E-state index < -0.39 is 0 Å². The Bertz CT molecular complexity index is 507. The van der Waals surface area contributed by atoms with Crippen LogP contribution in [0.25, 0.3) is 0 Å². The van der Waals surface area contributed by atoms with Crippen LogP contribution in [0, 0.1) is 13.8 Å². The van der Waals surface area contributed by atoms with E-state index >= 15 is 0 Å². The second-order valence-electron chi connectivity index (χ2n) is 5.81. The van der Waals surface area contributed by atoms with Crippen molar-refractivity contribution in [3.8, 4) is 5.75 Å². The van der Waals surface area contributed by atoms with Gasteiger partial charge in [-0.05, 0) is 56.9 Å². The van der Waals surface area contributed by atoms with Crippen molar-refractivity contribution in [1.82, 2.24) is 0 Å². The van der Waals surface area contributed by atoms with Crippen LogP contribution < -0.4 is 0 Å². The zero-order chi connectivity index (χ0) is 16.2. The van der Waals surface area contributed by atoms with Crippen LogP contribution in [-0.2, 0) is 11.2 Å². The average Bonchev–Trinajstić information content (AvgIpc) is 2.31. The van der Waals surface area contributed by atoms with E-state index in [1.54, 1.807) is 6.07 Å². The summed E-state index contributed by atoms with van der Waals surface area (Å²) in [6.07, 6.45) is 0.947. The molecule has 118 valence electrons. The molecule has 1 N–H and O–H groups in total. The molecular weight excluding hydrogens is 284 g/mol. The lowest BCUT2D eigenvalue weighted by Gasteiger charge is -2.17. The number of hydrogen-bond donors (Lipinski definition) is 1. The molecule has 0 aromatic heterocycles. The monoisotopic (exact) mass is 310 g/mol. The maximum atomic E-state index is 12.3. The smallest absolute Gasteiger partial charge is 0.223 e. The fraction of sp³-hybridized carbons (Fsp3) is 0.588. The number of phenols is 1. The fourth-order valence-corrected chi connectivity index (χ4v) is 3.12. The van der Waals surface area contributed by atoms with Gasteiger partial charge in [0, 0.05) is 5.25 Å². The van der Waals surface area contributed by atoms with Crippen LogP contribution in [0.4, 0.5) is 0 Å². The van der Waals surface area contributed by atoms with E-state index in [2.05, 4.69) is 0 Å². The number of rotatable bonds is 6. The van der Waals surface area contributed by atoms with Crippen molar-refractivity contribution in [2.75, 3.05) is 6.61 Å². The predicted molar refractivity (Wildman–Crippen MR) is 89.4 cm³/mol. The van der Waals surface area contributed by atoms with Crippen LogP contribution in [0.1, 0.15) is 54.7 Å². The molecule has 0 saturated carbocycles. The van der Waals surface area contributed by atoms with Gasteiger partial charge in [0.05, 0.1) is 18.3 Å². The number of carbonyl (C=O) groups excluding carboxylic acids is 1. The van der Waals surface area contributed by atoms with E-state index in [-0.39, 0.29) is 22.2 Å². The Kier molecular flexibility index (Phi) is 6.75. The maximum absolute atomic E-state index is 12.3. The van der Waals surface area contributed by atoms with Crippen molar-refractivity contribution < 1.29 is 14.6 Å². The summed E-state index contributed by atoms with van der Waals surface area (Å²) in [5.41, 5.74) is 3.42. The highest BCUT2D eigenvalue weighted by Crippen LogP contribution is 2.32. The Morgan fingerprint density at radius 2 is 1.90 bits per heavy atom. The van der Waals surface area contributed by atoms with Gasteiger partial charge in [-0.3, -0.25) is 4.79 Å². The van der Waals surface area contributed by atoms with Gasteiger partial charge < -0.3 is 9.84 Å². The quantitative estimate of drug-likeness (QED) is 0.853. The number of phenolic OH excluding ortho intramolecular Hbond substituents is 1. The summed E-state index contributed by atoms with van der Waals surface area (Å²) in [4.78, 5) is 12.3. The first-order valence-electron chi connectivity index (χ1n) is 7.38. The Hall–Kier alpha value is -1.00. The molecule has 0 bridgehead atoms. The Balaban J connectivity index is 3.07. The summed E-state index contributed by atoms with van der Waals surface area (Å²) in [6.45, 7) is 12.4. The number of thioether (sulfide) groups is 1. The summed E-state index contributed by atoms with van der Waals surface area (Å²) >= 11 is 1.25. The molecule has 21 heavy (non-hydrogen) atoms. The summed E-state index contributed by atoms with van der Waals surface area (Å²) in [7, 11) is 0. The lowest BCUT2D eigenvalue weighted by Crippen LogP contribution is -2.10. The van der Waals surface area contributed by atoms with Crippen LogP contribution in [0.3, 0.4) is 0 Å². The Morgan fingerprint density at radius 3 is 2.43 bits per heavy atom. The number of aryl methyl sites for hydroxylation is 1. The van der Waals surface area contributed by atoms with Gasteiger partial charge in [-0.1, -0.05) is 25.6 Å². The highest BCUT2D eigenvalue weighted by Gasteiger charge is 2.20. The van der Waals surface area contributed by atoms with E-state index in [0.717, 1.165) is 23.1 Å². The van der Waals surface area contributed by atoms with Crippen LogP contribution >= 0.6 is 11.8 Å². The standard InChI is InChI=1S/C17H26O3S/c1-10(2)20-8-7-14-12(5)9-15(18)16(13(14)6)17(19)21-11(3)4/h9-11,18H,7-8H2,1-6H3. The van der Waals surface area contributed by atoms with Crippen molar-refractivity contribution in [1.29, 1.82) is 0 Å². The predicted octanol–water partition coefficient (Wildman–Crippen LogP) is 4.26. The van der Waals surface area contributed by atoms with Gasteiger partial charge in [0.1, 0.15) is 5.75 Å². The third-order valence-electron chi connectivity index (χ3n) is 3.26. The Morgan fingerprint density at radius 1 is 1.29 bits per heavy atom. The van der Waals surface area contributed by atoms with Crippen LogP contribution in [0.2, 0.25) is 0 Å². The first kappa shape index (κ1) is 18.1. The van der Waals surface area contributed by atoms with Gasteiger partial charge in [0.2, 0.25) is 5.12 Å². The molecule has 0 atom stereocenters. The lowest BCUT2D eigenvalue weighted by atomic mass is 9.95. The minimum absolute atomic E-state index is 0.0639. The third-order valence-corrected chi connectivity index (χ3v) is 4.15. The van der Waals surface area contributed by atoms with Crippen LogP contribution in [0.5, 0.6) is 5.75 Å². The molecule has 0 amide bonds. The molecule has 0 radical (unpaired) electrons. The van der Waals surface area contributed by atoms with Gasteiger partial charge >= 0.3 is 0 Å². The molecule has 0 fully saturated rings. The summed E-state index contributed by atoms with van der Waals surface area (Å²) in [5.74, 6) is 0.0803. The normalized spacial score (nSPS) is 11.4. The van der Waals surface area contributed by atoms with Crippen molar-refractivity contribution in [3.05, 3.63) is 28.3 Å². The second-order valence-corrected chi connectivity index (χ2v) is 7.36. The van der Waals surface area contributed by atoms with Gasteiger partial charge in [-0.25, -0.2) is 0 Å². The highest BCUT2D eigenvalue weighted by atomic mass is 32.2. The molecule has 0 aliphatic rings. The summed E-state index contributed by atoms with van der Waals surface area (Å²) in [5, 5.41) is 10.3. The molecular formula is C17H26O3S. The number of hydrogen-bond acceptors (Lipinski definition) is 4. The fourth-order valence-electron chi connectivity index (χ4n) is 2.32. The summed E-state index contributed by atoms with van der Waals surface area (Å²) in [6, 6.07) is 1.69. The minimum Gasteiger partial charge on any atom is -0.507 e. The highest BCUT2D eigenvalue weighted by molar-refractivity contribution is 8.14. The topological polar surface area (TPSA) is 46.5 Å². The summed E-state index contributed by atoms with van der Waals surface area (Å²) < 4.78 is 5.60. The van der Waals surface area contributed by atoms with E-state index in [4.69, 9.17) is 4.74 Å². The Labute approximate surface area is 132 Å². The molecule has 1 aromatic rings. The average molecular weight is 310 g/mol. The van der Waals surface area contributed by atoms with Gasteiger partial charge in [0.15, 0.2) is 0 Å². The van der Waals surface area contributed by atoms with E-state index in [1.807, 2.05) is 41.5 Å². The molecule has 0 spiro atoms. The minimum atomic E-state index is -0.0639. The third kappa shape index (κ3) is 5.04. The SMILES string of the molecule is Cc1cc(O)c(C(=O)SC(C)C)c(C)c1CCOC(C)C. The molecule has 0 heterocycles.